The molecule has 2 aromatic carbocycles. The standard InChI is InChI=1S/C30H30ClN5O2S/c1-17-18(2)35(22-10-8-9-21(31)15-22)19(3)27(17)29-28(24-11-6-7-14-32-24)34-30(39)36(29)23-12-13-26(38-5)25(16-23)33-20(4)37/h6-16,28-29H,1-5H3,(H,33,37)(H,34,39)/t28-,29-/m0/s1. The number of nitrogens with one attached hydrogen (secondary N) is 2. The second kappa shape index (κ2) is 10.7. The number of methoxy groups -OCH3 is 1. The lowest BCUT2D eigenvalue weighted by Gasteiger charge is -2.29. The molecular formula is C30H30ClN5O2S. The van der Waals surface area contributed by atoms with E-state index in [1.54, 1.807) is 13.3 Å². The Morgan fingerprint density at radius 2 is 1.85 bits per heavy atom. The monoisotopic (exact) mass is 559 g/mol. The first-order chi connectivity index (χ1) is 18.7. The molecule has 39 heavy (non-hydrogen) atoms. The molecule has 1 aliphatic heterocycles. The highest BCUT2D eigenvalue weighted by molar-refractivity contribution is 7.80. The molecule has 0 aliphatic carbocycles. The molecule has 7 nitrogen and oxygen atoms in total. The van der Waals surface area contributed by atoms with Crippen molar-refractivity contribution in [2.24, 2.45) is 0 Å². The van der Waals surface area contributed by atoms with Crippen LogP contribution in [-0.2, 0) is 4.79 Å². The van der Waals surface area contributed by atoms with E-state index in [2.05, 4.69) is 46.9 Å². The largest absolute Gasteiger partial charge is 0.495 e. The van der Waals surface area contributed by atoms with E-state index in [1.165, 1.54) is 6.92 Å². The molecule has 1 saturated heterocycles. The Morgan fingerprint density at radius 3 is 2.51 bits per heavy atom. The molecule has 4 aromatic rings. The Hall–Kier alpha value is -3.88. The molecule has 0 bridgehead atoms. The number of rotatable bonds is 6. The predicted molar refractivity (Wildman–Crippen MR) is 160 cm³/mol. The minimum atomic E-state index is -0.217. The average molecular weight is 560 g/mol. The van der Waals surface area contributed by atoms with E-state index in [9.17, 15) is 4.79 Å². The summed E-state index contributed by atoms with van der Waals surface area (Å²) in [5.41, 5.74) is 7.80. The Bertz CT molecular complexity index is 1570. The van der Waals surface area contributed by atoms with E-state index in [-0.39, 0.29) is 18.0 Å². The Labute approximate surface area is 238 Å². The minimum Gasteiger partial charge on any atom is -0.495 e. The number of hydrogen-bond acceptors (Lipinski definition) is 4. The van der Waals surface area contributed by atoms with Crippen molar-refractivity contribution in [1.29, 1.82) is 0 Å². The maximum Gasteiger partial charge on any atom is 0.221 e. The summed E-state index contributed by atoms with van der Waals surface area (Å²) < 4.78 is 7.74. The molecule has 0 spiro atoms. The number of amides is 1. The van der Waals surface area contributed by atoms with Crippen molar-refractivity contribution >= 4 is 46.2 Å². The lowest BCUT2D eigenvalue weighted by atomic mass is 9.93. The Kier molecular flexibility index (Phi) is 7.34. The van der Waals surface area contributed by atoms with Crippen molar-refractivity contribution in [3.63, 3.8) is 0 Å². The molecule has 2 aromatic heterocycles. The van der Waals surface area contributed by atoms with E-state index in [0.717, 1.165) is 39.6 Å². The van der Waals surface area contributed by atoms with Gasteiger partial charge in [-0.3, -0.25) is 9.78 Å². The highest BCUT2D eigenvalue weighted by Gasteiger charge is 2.43. The predicted octanol–water partition coefficient (Wildman–Crippen LogP) is 6.60. The number of thiocarbonyl (C=S) groups is 1. The third kappa shape index (κ3) is 4.86. The van der Waals surface area contributed by atoms with Gasteiger partial charge in [-0.05, 0) is 87.1 Å². The van der Waals surface area contributed by atoms with Gasteiger partial charge in [-0.15, -0.1) is 0 Å². The summed E-state index contributed by atoms with van der Waals surface area (Å²) in [5, 5.41) is 7.67. The van der Waals surface area contributed by atoms with E-state index in [0.29, 0.717) is 21.6 Å². The van der Waals surface area contributed by atoms with Crippen LogP contribution in [0.5, 0.6) is 5.75 Å². The molecule has 9 heteroatoms. The Balaban J connectivity index is 1.72. The number of ether oxygens (including phenoxy) is 1. The van der Waals surface area contributed by atoms with Crippen molar-refractivity contribution in [3.05, 3.63) is 100 Å². The quantitative estimate of drug-likeness (QED) is 0.259. The fourth-order valence-corrected chi connectivity index (χ4v) is 6.03. The summed E-state index contributed by atoms with van der Waals surface area (Å²) in [6.45, 7) is 7.87. The maximum atomic E-state index is 12.0. The van der Waals surface area contributed by atoms with Gasteiger partial charge in [0.2, 0.25) is 5.91 Å². The van der Waals surface area contributed by atoms with Crippen molar-refractivity contribution in [2.75, 3.05) is 17.3 Å². The van der Waals surface area contributed by atoms with Gasteiger partial charge in [0.1, 0.15) is 5.75 Å². The third-order valence-corrected chi connectivity index (χ3v) is 7.79. The van der Waals surface area contributed by atoms with Gasteiger partial charge in [0.15, 0.2) is 5.11 Å². The fraction of sp³-hybridized carbons (Fsp3) is 0.233. The number of hydrogen-bond donors (Lipinski definition) is 2. The molecule has 2 atom stereocenters. The molecule has 200 valence electrons. The molecule has 1 amide bonds. The van der Waals surface area contributed by atoms with E-state index >= 15 is 0 Å². The summed E-state index contributed by atoms with van der Waals surface area (Å²) >= 11 is 12.3. The molecule has 1 fully saturated rings. The lowest BCUT2D eigenvalue weighted by molar-refractivity contribution is -0.114. The van der Waals surface area contributed by atoms with Crippen LogP contribution in [0.4, 0.5) is 11.4 Å². The number of pyridine rings is 1. The van der Waals surface area contributed by atoms with Crippen molar-refractivity contribution < 1.29 is 9.53 Å². The van der Waals surface area contributed by atoms with Crippen LogP contribution in [0.1, 0.15) is 47.2 Å². The van der Waals surface area contributed by atoms with Crippen molar-refractivity contribution in [3.8, 4) is 11.4 Å². The highest BCUT2D eigenvalue weighted by Crippen LogP contribution is 2.46. The number of carbonyl (C=O) groups excluding carboxylic acids is 1. The van der Waals surface area contributed by atoms with Gasteiger partial charge in [-0.2, -0.15) is 0 Å². The van der Waals surface area contributed by atoms with E-state index in [4.69, 9.17) is 33.5 Å². The summed E-state index contributed by atoms with van der Waals surface area (Å²) in [6.07, 6.45) is 1.80. The van der Waals surface area contributed by atoms with Gasteiger partial charge >= 0.3 is 0 Å². The summed E-state index contributed by atoms with van der Waals surface area (Å²) in [5.74, 6) is 0.386. The lowest BCUT2D eigenvalue weighted by Crippen LogP contribution is -2.30. The second-order valence-corrected chi connectivity index (χ2v) is 10.4. The van der Waals surface area contributed by atoms with Gasteiger partial charge in [0.05, 0.1) is 30.6 Å². The molecule has 5 rings (SSSR count). The van der Waals surface area contributed by atoms with Crippen LogP contribution in [0.2, 0.25) is 5.02 Å². The SMILES string of the molecule is COc1ccc(N2C(=S)N[C@@H](c3ccccn3)[C@@H]2c2c(C)c(C)n(-c3cccc(Cl)c3)c2C)cc1NC(C)=O. The number of carbonyl (C=O) groups is 1. The topological polar surface area (TPSA) is 71.4 Å². The third-order valence-electron chi connectivity index (χ3n) is 7.24. The number of nitrogens with zero attached hydrogens (tertiary/aromatic N) is 3. The van der Waals surface area contributed by atoms with Crippen LogP contribution >= 0.6 is 23.8 Å². The number of benzene rings is 2. The normalized spacial score (nSPS) is 16.8. The first-order valence-electron chi connectivity index (χ1n) is 12.6. The fourth-order valence-electron chi connectivity index (χ4n) is 5.50. The molecule has 0 saturated carbocycles. The van der Waals surface area contributed by atoms with Gasteiger partial charge in [0.25, 0.3) is 0 Å². The number of aromatic nitrogens is 2. The van der Waals surface area contributed by atoms with E-state index < -0.39 is 0 Å². The smallest absolute Gasteiger partial charge is 0.221 e. The van der Waals surface area contributed by atoms with Crippen LogP contribution < -0.4 is 20.3 Å². The summed E-state index contributed by atoms with van der Waals surface area (Å²) in [7, 11) is 1.58. The van der Waals surface area contributed by atoms with Crippen LogP contribution in [0.3, 0.4) is 0 Å². The van der Waals surface area contributed by atoms with Crippen LogP contribution in [0.15, 0.2) is 66.9 Å². The zero-order valence-corrected chi connectivity index (χ0v) is 24.0. The molecule has 3 heterocycles. The van der Waals surface area contributed by atoms with Gasteiger partial charge in [-0.1, -0.05) is 23.7 Å². The second-order valence-electron chi connectivity index (χ2n) is 9.59. The molecule has 1 aliphatic rings. The maximum absolute atomic E-state index is 12.0. The van der Waals surface area contributed by atoms with Crippen molar-refractivity contribution in [2.45, 2.75) is 39.8 Å². The first-order valence-corrected chi connectivity index (χ1v) is 13.4. The van der Waals surface area contributed by atoms with Gasteiger partial charge in [0, 0.05) is 46.5 Å². The van der Waals surface area contributed by atoms with Crippen molar-refractivity contribution in [1.82, 2.24) is 14.9 Å². The zero-order chi connectivity index (χ0) is 27.8. The summed E-state index contributed by atoms with van der Waals surface area (Å²) in [6, 6.07) is 19.0. The van der Waals surface area contributed by atoms with Crippen LogP contribution in [0, 0.1) is 20.8 Å². The van der Waals surface area contributed by atoms with E-state index in [1.807, 2.05) is 54.6 Å². The Morgan fingerprint density at radius 1 is 1.05 bits per heavy atom. The zero-order valence-electron chi connectivity index (χ0n) is 22.4. The number of anilines is 2. The highest BCUT2D eigenvalue weighted by atomic mass is 35.5. The van der Waals surface area contributed by atoms with Gasteiger partial charge < -0.3 is 24.8 Å². The van der Waals surface area contributed by atoms with Crippen LogP contribution in [-0.4, -0.2) is 27.7 Å². The van der Waals surface area contributed by atoms with Gasteiger partial charge in [-0.25, -0.2) is 0 Å². The molecule has 0 radical (unpaired) electrons. The van der Waals surface area contributed by atoms with Crippen LogP contribution in [0.25, 0.3) is 5.69 Å². The first kappa shape index (κ1) is 26.7. The minimum absolute atomic E-state index is 0.184. The average Bonchev–Trinajstić information content (AvgIpc) is 3.36. The molecular weight excluding hydrogens is 530 g/mol. The number of halogens is 1. The molecule has 2 N–H and O–H groups in total. The molecule has 0 unspecified atom stereocenters. The summed E-state index contributed by atoms with van der Waals surface area (Å²) in [4.78, 5) is 18.7.